The fraction of sp³-hybridized carbons (Fsp3) is 0.188. The van der Waals surface area contributed by atoms with Gasteiger partial charge in [-0.05, 0) is 36.2 Å². The minimum Gasteiger partial charge on any atom is -0.370 e. The lowest BCUT2D eigenvalue weighted by atomic mass is 10.1. The molecule has 0 bridgehead atoms. The van der Waals surface area contributed by atoms with E-state index in [9.17, 15) is 13.2 Å². The molecule has 0 saturated carbocycles. The molecule has 22 heavy (non-hydrogen) atoms. The molecule has 3 rings (SSSR count). The third-order valence-electron chi connectivity index (χ3n) is 3.38. The van der Waals surface area contributed by atoms with Crippen molar-refractivity contribution in [2.24, 2.45) is 0 Å². The highest BCUT2D eigenvalue weighted by Gasteiger charge is 2.30. The van der Waals surface area contributed by atoms with E-state index in [1.54, 1.807) is 6.07 Å². The van der Waals surface area contributed by atoms with Gasteiger partial charge in [-0.3, -0.25) is 0 Å². The molecular weight excluding hydrogens is 291 g/mol. The SMILES string of the molecule is FC(F)(F)c1cccc(CCNc2ccc3cc[nH]c3n2)c1. The predicted molar refractivity (Wildman–Crippen MR) is 79.7 cm³/mol. The van der Waals surface area contributed by atoms with Gasteiger partial charge in [0.05, 0.1) is 5.56 Å². The molecule has 0 atom stereocenters. The average Bonchev–Trinajstić information content (AvgIpc) is 2.94. The maximum atomic E-state index is 12.6. The Balaban J connectivity index is 1.63. The number of alkyl halides is 3. The molecule has 0 radical (unpaired) electrons. The van der Waals surface area contributed by atoms with E-state index < -0.39 is 11.7 Å². The number of rotatable bonds is 4. The van der Waals surface area contributed by atoms with Gasteiger partial charge in [0, 0.05) is 18.1 Å². The van der Waals surface area contributed by atoms with Crippen molar-refractivity contribution in [1.29, 1.82) is 0 Å². The van der Waals surface area contributed by atoms with E-state index in [0.717, 1.165) is 17.1 Å². The summed E-state index contributed by atoms with van der Waals surface area (Å²) in [6.45, 7) is 0.514. The molecule has 1 aromatic carbocycles. The van der Waals surface area contributed by atoms with Crippen LogP contribution in [-0.2, 0) is 12.6 Å². The number of hydrogen-bond donors (Lipinski definition) is 2. The zero-order valence-electron chi connectivity index (χ0n) is 11.6. The van der Waals surface area contributed by atoms with Crippen molar-refractivity contribution in [2.45, 2.75) is 12.6 Å². The lowest BCUT2D eigenvalue weighted by Crippen LogP contribution is -2.08. The van der Waals surface area contributed by atoms with Gasteiger partial charge in [-0.15, -0.1) is 0 Å². The van der Waals surface area contributed by atoms with Crippen LogP contribution in [0.25, 0.3) is 11.0 Å². The van der Waals surface area contributed by atoms with E-state index in [1.165, 1.54) is 12.1 Å². The molecule has 2 aromatic heterocycles. The number of H-pyrrole nitrogens is 1. The molecule has 0 aliphatic heterocycles. The molecule has 2 heterocycles. The monoisotopic (exact) mass is 305 g/mol. The lowest BCUT2D eigenvalue weighted by molar-refractivity contribution is -0.137. The van der Waals surface area contributed by atoms with Crippen molar-refractivity contribution < 1.29 is 13.2 Å². The number of aromatic nitrogens is 2. The van der Waals surface area contributed by atoms with Gasteiger partial charge in [0.1, 0.15) is 11.5 Å². The van der Waals surface area contributed by atoms with Crippen LogP contribution in [0.1, 0.15) is 11.1 Å². The molecule has 114 valence electrons. The molecule has 3 nitrogen and oxygen atoms in total. The Kier molecular flexibility index (Phi) is 3.75. The summed E-state index contributed by atoms with van der Waals surface area (Å²) in [5.41, 5.74) is 0.809. The van der Waals surface area contributed by atoms with Crippen LogP contribution in [0.15, 0.2) is 48.7 Å². The number of anilines is 1. The first-order valence-corrected chi connectivity index (χ1v) is 6.86. The van der Waals surface area contributed by atoms with E-state index in [1.807, 2.05) is 24.4 Å². The number of benzene rings is 1. The molecule has 0 saturated heterocycles. The molecular formula is C16H14F3N3. The van der Waals surface area contributed by atoms with Gasteiger partial charge in [-0.2, -0.15) is 13.2 Å². The highest BCUT2D eigenvalue weighted by molar-refractivity contribution is 5.77. The topological polar surface area (TPSA) is 40.7 Å². The fourth-order valence-corrected chi connectivity index (χ4v) is 2.27. The summed E-state index contributed by atoms with van der Waals surface area (Å²) in [5.74, 6) is 0.696. The van der Waals surface area contributed by atoms with Gasteiger partial charge in [-0.1, -0.05) is 18.2 Å². The molecule has 0 aliphatic carbocycles. The maximum absolute atomic E-state index is 12.6. The predicted octanol–water partition coefficient (Wildman–Crippen LogP) is 4.24. The molecule has 0 fully saturated rings. The molecule has 6 heteroatoms. The molecule has 3 aromatic rings. The van der Waals surface area contributed by atoms with Gasteiger partial charge in [0.2, 0.25) is 0 Å². The number of halogens is 3. The number of nitrogens with one attached hydrogen (secondary N) is 2. The second kappa shape index (κ2) is 5.71. The number of hydrogen-bond acceptors (Lipinski definition) is 2. The van der Waals surface area contributed by atoms with Crippen molar-refractivity contribution in [2.75, 3.05) is 11.9 Å². The van der Waals surface area contributed by atoms with Crippen molar-refractivity contribution in [3.8, 4) is 0 Å². The van der Waals surface area contributed by atoms with E-state index in [4.69, 9.17) is 0 Å². The summed E-state index contributed by atoms with van der Waals surface area (Å²) in [4.78, 5) is 7.39. The summed E-state index contributed by atoms with van der Waals surface area (Å²) in [6.07, 6.45) is -2.00. The van der Waals surface area contributed by atoms with Gasteiger partial charge < -0.3 is 10.3 Å². The van der Waals surface area contributed by atoms with Crippen LogP contribution >= 0.6 is 0 Å². The van der Waals surface area contributed by atoms with E-state index in [-0.39, 0.29) is 0 Å². The molecule has 0 spiro atoms. The van der Waals surface area contributed by atoms with Crippen LogP contribution in [-0.4, -0.2) is 16.5 Å². The standard InChI is InChI=1S/C16H14F3N3/c17-16(18,19)13-3-1-2-11(10-13)6-8-20-14-5-4-12-7-9-21-15(12)22-14/h1-5,7,9-10H,6,8H2,(H2,20,21,22). The Hall–Kier alpha value is -2.50. The first-order chi connectivity index (χ1) is 10.5. The smallest absolute Gasteiger partial charge is 0.370 e. The number of fused-ring (bicyclic) bond motifs is 1. The van der Waals surface area contributed by atoms with E-state index >= 15 is 0 Å². The second-order valence-electron chi connectivity index (χ2n) is 4.99. The highest BCUT2D eigenvalue weighted by Crippen LogP contribution is 2.29. The van der Waals surface area contributed by atoms with Crippen LogP contribution in [0.3, 0.4) is 0 Å². The van der Waals surface area contributed by atoms with E-state index in [2.05, 4.69) is 15.3 Å². The zero-order chi connectivity index (χ0) is 15.6. The Bertz CT molecular complexity index is 777. The normalized spacial score (nSPS) is 11.8. The van der Waals surface area contributed by atoms with E-state index in [0.29, 0.717) is 24.3 Å². The summed E-state index contributed by atoms with van der Waals surface area (Å²) in [6, 6.07) is 11.1. The maximum Gasteiger partial charge on any atom is 0.416 e. The van der Waals surface area contributed by atoms with Crippen LogP contribution in [0, 0.1) is 0 Å². The van der Waals surface area contributed by atoms with Crippen LogP contribution in [0.2, 0.25) is 0 Å². The molecule has 2 N–H and O–H groups in total. The minimum atomic E-state index is -4.30. The van der Waals surface area contributed by atoms with Crippen molar-refractivity contribution in [1.82, 2.24) is 9.97 Å². The number of aromatic amines is 1. The quantitative estimate of drug-likeness (QED) is 0.757. The highest BCUT2D eigenvalue weighted by atomic mass is 19.4. The number of pyridine rings is 1. The number of nitrogens with zero attached hydrogens (tertiary/aromatic N) is 1. The van der Waals surface area contributed by atoms with Gasteiger partial charge in [0.25, 0.3) is 0 Å². The minimum absolute atomic E-state index is 0.494. The fourth-order valence-electron chi connectivity index (χ4n) is 2.27. The first-order valence-electron chi connectivity index (χ1n) is 6.86. The van der Waals surface area contributed by atoms with Crippen LogP contribution in [0.5, 0.6) is 0 Å². The van der Waals surface area contributed by atoms with Crippen LogP contribution < -0.4 is 5.32 Å². The average molecular weight is 305 g/mol. The zero-order valence-corrected chi connectivity index (χ0v) is 11.6. The Labute approximate surface area is 125 Å². The lowest BCUT2D eigenvalue weighted by Gasteiger charge is -2.09. The summed E-state index contributed by atoms with van der Waals surface area (Å²) >= 11 is 0. The van der Waals surface area contributed by atoms with Gasteiger partial charge >= 0.3 is 6.18 Å². The largest absolute Gasteiger partial charge is 0.416 e. The Morgan fingerprint density at radius 1 is 1.09 bits per heavy atom. The van der Waals surface area contributed by atoms with Crippen molar-refractivity contribution >= 4 is 16.9 Å². The molecule has 0 aliphatic rings. The summed E-state index contributed by atoms with van der Waals surface area (Å²) < 4.78 is 37.9. The van der Waals surface area contributed by atoms with Crippen molar-refractivity contribution in [3.63, 3.8) is 0 Å². The van der Waals surface area contributed by atoms with Gasteiger partial charge in [0.15, 0.2) is 0 Å². The third kappa shape index (κ3) is 3.21. The Morgan fingerprint density at radius 3 is 2.77 bits per heavy atom. The summed E-state index contributed by atoms with van der Waals surface area (Å²) in [5, 5.41) is 4.14. The Morgan fingerprint density at radius 2 is 1.95 bits per heavy atom. The summed E-state index contributed by atoms with van der Waals surface area (Å²) in [7, 11) is 0. The first kappa shape index (κ1) is 14.4. The van der Waals surface area contributed by atoms with Crippen LogP contribution in [0.4, 0.5) is 19.0 Å². The third-order valence-corrected chi connectivity index (χ3v) is 3.38. The molecule has 0 unspecified atom stereocenters. The molecule has 0 amide bonds. The van der Waals surface area contributed by atoms with Gasteiger partial charge in [-0.25, -0.2) is 4.98 Å². The second-order valence-corrected chi connectivity index (χ2v) is 4.99. The van der Waals surface area contributed by atoms with Crippen molar-refractivity contribution in [3.05, 3.63) is 59.8 Å².